The number of aliphatic hydroxyl groups excluding tert-OH is 1. The number of hydrogen-bond acceptors (Lipinski definition) is 4. The minimum Gasteiger partial charge on any atom is -0.512 e. The Morgan fingerprint density at radius 3 is 2.10 bits per heavy atom. The summed E-state index contributed by atoms with van der Waals surface area (Å²) < 4.78 is 6.81. The van der Waals surface area contributed by atoms with Crippen LogP contribution in [-0.4, -0.2) is 15.9 Å². The molecule has 0 amide bonds. The van der Waals surface area contributed by atoms with Crippen molar-refractivity contribution in [2.75, 3.05) is 0 Å². The van der Waals surface area contributed by atoms with Gasteiger partial charge in [0.25, 0.3) is 0 Å². The maximum Gasteiger partial charge on any atom is 0.164 e. The number of fused-ring (bicyclic) bond motifs is 5. The molecule has 0 fully saturated rings. The summed E-state index contributed by atoms with van der Waals surface area (Å²) in [6.07, 6.45) is 8.66. The first-order valence-electron chi connectivity index (χ1n) is 19.0. The van der Waals surface area contributed by atoms with Crippen LogP contribution in [0.5, 0.6) is 11.5 Å². The van der Waals surface area contributed by atoms with E-state index in [0.29, 0.717) is 5.92 Å². The number of rotatable bonds is 10. The number of nitrogens with zero attached hydrogens (tertiary/aromatic N) is 1. The van der Waals surface area contributed by atoms with Crippen LogP contribution in [0.2, 0.25) is 0 Å². The van der Waals surface area contributed by atoms with E-state index < -0.39 is 0 Å². The molecular weight excluding hydrogens is 819 g/mol. The SMILES string of the molecule is CC(C)Cc1c2c([c-]c3ccccc13)-c1nccc3c1c(cc1c(CC(C)(C)C)cccc13)O2.CCC(C)(CC)C(=O)/C=C(\O)C(C)(CC)CC.[Ir]. The normalized spacial score (nSPS) is 13.0. The molecule has 6 rings (SSSR count). The van der Waals surface area contributed by atoms with Gasteiger partial charge in [-0.05, 0) is 83.7 Å². The van der Waals surface area contributed by atoms with Crippen molar-refractivity contribution in [1.29, 1.82) is 0 Å². The van der Waals surface area contributed by atoms with Gasteiger partial charge < -0.3 is 9.84 Å². The van der Waals surface area contributed by atoms with Crippen LogP contribution in [0.1, 0.15) is 113 Å². The number of allylic oxidation sites excluding steroid dienone is 2. The molecule has 1 aliphatic heterocycles. The van der Waals surface area contributed by atoms with Crippen molar-refractivity contribution >= 4 is 38.1 Å². The number of ether oxygens (including phenoxy) is 1. The third kappa shape index (κ3) is 8.17. The van der Waals surface area contributed by atoms with Crippen LogP contribution in [0.15, 0.2) is 72.6 Å². The summed E-state index contributed by atoms with van der Waals surface area (Å²) in [6, 6.07) is 23.3. The summed E-state index contributed by atoms with van der Waals surface area (Å²) in [6.45, 7) is 23.5. The monoisotopic (exact) mass is 877 g/mol. The van der Waals surface area contributed by atoms with E-state index in [2.05, 4.69) is 95.3 Å². The molecule has 0 saturated heterocycles. The molecule has 2 heterocycles. The fourth-order valence-electron chi connectivity index (χ4n) is 7.16. The average Bonchev–Trinajstić information content (AvgIpc) is 3.11. The van der Waals surface area contributed by atoms with Gasteiger partial charge in [-0.2, -0.15) is 0 Å². The Labute approximate surface area is 325 Å². The first-order chi connectivity index (χ1) is 24.1. The summed E-state index contributed by atoms with van der Waals surface area (Å²) in [5.41, 5.74) is 4.19. The quantitative estimate of drug-likeness (QED) is 0.0645. The van der Waals surface area contributed by atoms with E-state index in [4.69, 9.17) is 9.72 Å². The maximum atomic E-state index is 12.2. The van der Waals surface area contributed by atoms with Crippen molar-refractivity contribution < 1.29 is 34.7 Å². The Morgan fingerprint density at radius 2 is 1.48 bits per heavy atom. The van der Waals surface area contributed by atoms with Crippen molar-refractivity contribution in [2.45, 2.75) is 115 Å². The molecule has 0 aliphatic carbocycles. The largest absolute Gasteiger partial charge is 0.512 e. The van der Waals surface area contributed by atoms with Crippen LogP contribution in [0.3, 0.4) is 0 Å². The number of carbonyl (C=O) groups excluding carboxylic acids is 1. The third-order valence-electron chi connectivity index (χ3n) is 11.4. The molecule has 0 saturated carbocycles. The molecule has 1 N–H and O–H groups in total. The number of aromatic nitrogens is 1. The number of hydrogen-bond donors (Lipinski definition) is 1. The Balaban J connectivity index is 0.000000289. The number of ketones is 1. The van der Waals surface area contributed by atoms with Gasteiger partial charge >= 0.3 is 0 Å². The standard InChI is InChI=1S/C32H30NO.C15H28O2.Ir/c1-19(2)15-26-22-11-7-6-9-20(22)16-27-30-29-24(13-14-33-30)23-12-8-10-21(18-32(3,4)5)25(23)17-28(29)34-31(26)27;1-7-14(5,8-2)12(16)11-13(17)15(6,9-3)10-4;/h6-14,17,19H,15,18H2,1-5H3;11,16H,7-10H2,1-6H3;/q-1;;/b;12-11-;. The second-order valence-corrected chi connectivity index (χ2v) is 16.7. The second kappa shape index (κ2) is 16.2. The molecule has 1 aromatic heterocycles. The van der Waals surface area contributed by atoms with Crippen molar-refractivity contribution in [3.8, 4) is 22.8 Å². The number of benzene rings is 4. The van der Waals surface area contributed by atoms with Crippen LogP contribution in [-0.2, 0) is 37.7 Å². The van der Waals surface area contributed by atoms with E-state index in [0.717, 1.165) is 72.1 Å². The number of carbonyl (C=O) groups is 1. The molecule has 52 heavy (non-hydrogen) atoms. The summed E-state index contributed by atoms with van der Waals surface area (Å²) in [5, 5.41) is 17.3. The summed E-state index contributed by atoms with van der Waals surface area (Å²) in [7, 11) is 0. The zero-order valence-corrected chi connectivity index (χ0v) is 35.6. The third-order valence-corrected chi connectivity index (χ3v) is 11.4. The molecule has 0 spiro atoms. The van der Waals surface area contributed by atoms with Crippen LogP contribution >= 0.6 is 0 Å². The summed E-state index contributed by atoms with van der Waals surface area (Å²) >= 11 is 0. The van der Waals surface area contributed by atoms with Gasteiger partial charge in [0.2, 0.25) is 0 Å². The van der Waals surface area contributed by atoms with Gasteiger partial charge in [0, 0.05) is 54.3 Å². The van der Waals surface area contributed by atoms with Gasteiger partial charge in [-0.15, -0.1) is 17.5 Å². The van der Waals surface area contributed by atoms with Gasteiger partial charge in [-0.25, -0.2) is 0 Å². The molecule has 279 valence electrons. The number of aliphatic hydroxyl groups is 1. The number of pyridine rings is 1. The Kier molecular flexibility index (Phi) is 12.9. The molecule has 1 radical (unpaired) electrons. The molecule has 0 unspecified atom stereocenters. The summed E-state index contributed by atoms with van der Waals surface area (Å²) in [4.78, 5) is 17.1. The topological polar surface area (TPSA) is 59.4 Å². The first kappa shape index (κ1) is 41.2. The first-order valence-corrected chi connectivity index (χ1v) is 19.0. The van der Waals surface area contributed by atoms with Crippen LogP contribution in [0, 0.1) is 28.2 Å². The van der Waals surface area contributed by atoms with E-state index in [9.17, 15) is 9.90 Å². The van der Waals surface area contributed by atoms with Crippen molar-refractivity contribution in [3.63, 3.8) is 0 Å². The Hall–Kier alpha value is -3.53. The predicted octanol–water partition coefficient (Wildman–Crippen LogP) is 13.5. The minimum atomic E-state index is -0.337. The van der Waals surface area contributed by atoms with E-state index in [1.165, 1.54) is 38.7 Å². The van der Waals surface area contributed by atoms with E-state index in [-0.39, 0.29) is 47.9 Å². The van der Waals surface area contributed by atoms with E-state index in [1.54, 1.807) is 0 Å². The minimum absolute atomic E-state index is 0. The molecule has 5 aromatic rings. The molecule has 1 aliphatic rings. The second-order valence-electron chi connectivity index (χ2n) is 16.7. The van der Waals surface area contributed by atoms with E-state index in [1.807, 2.05) is 47.7 Å². The fraction of sp³-hybridized carbons (Fsp3) is 0.447. The predicted molar refractivity (Wildman–Crippen MR) is 216 cm³/mol. The van der Waals surface area contributed by atoms with Gasteiger partial charge in [-0.3, -0.25) is 9.78 Å². The van der Waals surface area contributed by atoms with Crippen LogP contribution < -0.4 is 4.74 Å². The zero-order valence-electron chi connectivity index (χ0n) is 33.2. The molecular formula is C47H58IrNO3-. The zero-order chi connectivity index (χ0) is 37.3. The van der Waals surface area contributed by atoms with Crippen molar-refractivity contribution in [1.82, 2.24) is 4.98 Å². The smallest absolute Gasteiger partial charge is 0.164 e. The van der Waals surface area contributed by atoms with Crippen LogP contribution in [0.4, 0.5) is 0 Å². The molecule has 0 atom stereocenters. The Morgan fingerprint density at radius 1 is 0.846 bits per heavy atom. The van der Waals surface area contributed by atoms with Gasteiger partial charge in [0.1, 0.15) is 11.5 Å². The molecule has 0 bridgehead atoms. The molecule has 4 nitrogen and oxygen atoms in total. The fourth-order valence-corrected chi connectivity index (χ4v) is 7.16. The van der Waals surface area contributed by atoms with Crippen LogP contribution in [0.25, 0.3) is 43.6 Å². The van der Waals surface area contributed by atoms with Crippen molar-refractivity contribution in [3.05, 3.63) is 89.8 Å². The van der Waals surface area contributed by atoms with Gasteiger partial charge in [0.05, 0.1) is 5.75 Å². The average molecular weight is 877 g/mol. The van der Waals surface area contributed by atoms with Crippen molar-refractivity contribution in [2.24, 2.45) is 22.2 Å². The molecule has 5 heteroatoms. The van der Waals surface area contributed by atoms with E-state index >= 15 is 0 Å². The Bertz CT molecular complexity index is 2090. The maximum absolute atomic E-state index is 12.2. The molecule has 4 aromatic carbocycles. The van der Waals surface area contributed by atoms with Gasteiger partial charge in [0.15, 0.2) is 5.78 Å². The summed E-state index contributed by atoms with van der Waals surface area (Å²) in [5.74, 6) is 2.63. The van der Waals surface area contributed by atoms with Gasteiger partial charge in [-0.1, -0.05) is 129 Å².